The predicted molar refractivity (Wildman–Crippen MR) is 137 cm³/mol. The van der Waals surface area contributed by atoms with Gasteiger partial charge in [-0.3, -0.25) is 0 Å². The normalized spacial score (nSPS) is 14.7. The van der Waals surface area contributed by atoms with Crippen LogP contribution in [0.5, 0.6) is 0 Å². The fraction of sp³-hybridized carbons (Fsp3) is 0.208. The van der Waals surface area contributed by atoms with Gasteiger partial charge in [0.25, 0.3) is 0 Å². The molecule has 0 saturated carbocycles. The summed E-state index contributed by atoms with van der Waals surface area (Å²) >= 11 is 15.7. The number of benzene rings is 2. The van der Waals surface area contributed by atoms with Crippen molar-refractivity contribution in [1.29, 1.82) is 0 Å². The SMILES string of the molecule is COCc1cccc(-c2c(C)nn(-c3nc4c(s3)SC(C)c3cc(Cl)c(Cl)cc3-4)c2C(=O)O)c1. The summed E-state index contributed by atoms with van der Waals surface area (Å²) in [6.45, 7) is 4.34. The van der Waals surface area contributed by atoms with E-state index in [9.17, 15) is 9.90 Å². The maximum atomic E-state index is 12.4. The summed E-state index contributed by atoms with van der Waals surface area (Å²) in [6.07, 6.45) is 0. The number of carboxylic acid groups (broad SMARTS) is 1. The van der Waals surface area contributed by atoms with E-state index >= 15 is 0 Å². The van der Waals surface area contributed by atoms with Crippen molar-refractivity contribution >= 4 is 52.3 Å². The Labute approximate surface area is 214 Å². The van der Waals surface area contributed by atoms with Crippen LogP contribution in [0.25, 0.3) is 27.5 Å². The van der Waals surface area contributed by atoms with E-state index in [-0.39, 0.29) is 10.9 Å². The average molecular weight is 532 g/mol. The zero-order valence-corrected chi connectivity index (χ0v) is 21.6. The van der Waals surface area contributed by atoms with E-state index in [1.54, 1.807) is 18.9 Å². The largest absolute Gasteiger partial charge is 0.476 e. The number of halogens is 2. The summed E-state index contributed by atoms with van der Waals surface area (Å²) in [5.41, 5.74) is 5.69. The molecule has 0 spiro atoms. The third-order valence-corrected chi connectivity index (χ3v) is 8.73. The molecule has 0 fully saturated rings. The van der Waals surface area contributed by atoms with Gasteiger partial charge in [-0.05, 0) is 48.7 Å². The Balaban J connectivity index is 1.67. The van der Waals surface area contributed by atoms with E-state index in [2.05, 4.69) is 12.0 Å². The molecule has 0 amide bonds. The van der Waals surface area contributed by atoms with Crippen LogP contribution in [0.15, 0.2) is 40.6 Å². The highest BCUT2D eigenvalue weighted by atomic mass is 35.5. The number of aromatic carboxylic acids is 1. The van der Waals surface area contributed by atoms with Crippen molar-refractivity contribution in [3.63, 3.8) is 0 Å². The maximum absolute atomic E-state index is 12.4. The molecule has 0 saturated heterocycles. The number of thiazole rings is 1. The number of methoxy groups -OCH3 is 1. The zero-order valence-electron chi connectivity index (χ0n) is 18.4. The number of fused-ring (bicyclic) bond motifs is 3. The Hall–Kier alpha value is -2.36. The molecular formula is C24H19Cl2N3O3S2. The summed E-state index contributed by atoms with van der Waals surface area (Å²) in [5.74, 6) is -1.07. The minimum absolute atomic E-state index is 0.0746. The van der Waals surface area contributed by atoms with Crippen LogP contribution in [-0.2, 0) is 11.3 Å². The number of hydrogen-bond acceptors (Lipinski definition) is 6. The molecule has 2 aromatic carbocycles. The lowest BCUT2D eigenvalue weighted by atomic mass is 10.0. The molecular weight excluding hydrogens is 513 g/mol. The van der Waals surface area contributed by atoms with Crippen LogP contribution in [0.2, 0.25) is 10.0 Å². The lowest BCUT2D eigenvalue weighted by Crippen LogP contribution is -2.09. The smallest absolute Gasteiger partial charge is 0.355 e. The van der Waals surface area contributed by atoms with Crippen molar-refractivity contribution in [3.8, 4) is 27.5 Å². The molecule has 1 atom stereocenters. The first kappa shape index (κ1) is 23.4. The zero-order chi connectivity index (χ0) is 24.1. The topological polar surface area (TPSA) is 77.2 Å². The van der Waals surface area contributed by atoms with Crippen molar-refractivity contribution in [1.82, 2.24) is 14.8 Å². The number of rotatable bonds is 5. The molecule has 4 aromatic rings. The second-order valence-electron chi connectivity index (χ2n) is 7.91. The van der Waals surface area contributed by atoms with Crippen LogP contribution in [0.3, 0.4) is 0 Å². The number of aryl methyl sites for hydroxylation is 1. The van der Waals surface area contributed by atoms with Gasteiger partial charge in [0.05, 0.1) is 32.2 Å². The summed E-state index contributed by atoms with van der Waals surface area (Å²) in [4.78, 5) is 17.3. The molecule has 1 unspecified atom stereocenters. The minimum atomic E-state index is -1.07. The Bertz CT molecular complexity index is 1450. The highest BCUT2D eigenvalue weighted by molar-refractivity contribution is 8.01. The van der Waals surface area contributed by atoms with Crippen LogP contribution in [0.4, 0.5) is 0 Å². The summed E-state index contributed by atoms with van der Waals surface area (Å²) in [6, 6.07) is 11.3. The van der Waals surface area contributed by atoms with E-state index in [0.29, 0.717) is 33.0 Å². The highest BCUT2D eigenvalue weighted by Crippen LogP contribution is 2.53. The third kappa shape index (κ3) is 3.93. The monoisotopic (exact) mass is 531 g/mol. The molecule has 0 radical (unpaired) electrons. The molecule has 2 aromatic heterocycles. The van der Waals surface area contributed by atoms with Gasteiger partial charge in [0.1, 0.15) is 0 Å². The second-order valence-corrected chi connectivity index (χ2v) is 11.3. The van der Waals surface area contributed by atoms with Gasteiger partial charge in [0.2, 0.25) is 5.13 Å². The molecule has 3 heterocycles. The molecule has 174 valence electrons. The molecule has 0 aliphatic carbocycles. The maximum Gasteiger partial charge on any atom is 0.355 e. The van der Waals surface area contributed by atoms with Gasteiger partial charge in [0, 0.05) is 23.5 Å². The molecule has 6 nitrogen and oxygen atoms in total. The van der Waals surface area contributed by atoms with E-state index in [0.717, 1.165) is 32.2 Å². The van der Waals surface area contributed by atoms with Gasteiger partial charge in [-0.25, -0.2) is 9.78 Å². The van der Waals surface area contributed by atoms with Crippen molar-refractivity contribution < 1.29 is 14.6 Å². The van der Waals surface area contributed by atoms with Gasteiger partial charge in [-0.15, -0.1) is 11.8 Å². The van der Waals surface area contributed by atoms with Crippen LogP contribution in [-0.4, -0.2) is 33.0 Å². The Kier molecular flexibility index (Phi) is 6.20. The van der Waals surface area contributed by atoms with Crippen molar-refractivity contribution in [2.45, 2.75) is 29.9 Å². The molecule has 0 bridgehead atoms. The predicted octanol–water partition coefficient (Wildman–Crippen LogP) is 7.29. The van der Waals surface area contributed by atoms with Crippen LogP contribution in [0, 0.1) is 6.92 Å². The first-order valence-corrected chi connectivity index (χ1v) is 12.8. The summed E-state index contributed by atoms with van der Waals surface area (Å²) in [5, 5.41) is 16.4. The van der Waals surface area contributed by atoms with Gasteiger partial charge < -0.3 is 9.84 Å². The summed E-state index contributed by atoms with van der Waals surface area (Å²) in [7, 11) is 1.63. The Morgan fingerprint density at radius 2 is 2.00 bits per heavy atom. The fourth-order valence-electron chi connectivity index (χ4n) is 4.16. The minimum Gasteiger partial charge on any atom is -0.476 e. The van der Waals surface area contributed by atoms with Gasteiger partial charge in [-0.2, -0.15) is 9.78 Å². The first-order valence-electron chi connectivity index (χ1n) is 10.4. The average Bonchev–Trinajstić information content (AvgIpc) is 3.36. The number of carbonyl (C=O) groups is 1. The molecule has 1 aliphatic heterocycles. The first-order chi connectivity index (χ1) is 16.3. The number of carboxylic acids is 1. The van der Waals surface area contributed by atoms with E-state index in [1.807, 2.05) is 43.3 Å². The summed E-state index contributed by atoms with van der Waals surface area (Å²) < 4.78 is 7.65. The number of aromatic nitrogens is 3. The van der Waals surface area contributed by atoms with Gasteiger partial charge >= 0.3 is 5.97 Å². The number of thioether (sulfide) groups is 1. The van der Waals surface area contributed by atoms with Gasteiger partial charge in [0.15, 0.2) is 5.69 Å². The van der Waals surface area contributed by atoms with E-state index in [1.165, 1.54) is 16.0 Å². The Morgan fingerprint density at radius 3 is 2.74 bits per heavy atom. The standard InChI is InChI=1S/C24H19Cl2N3O3S2/c1-11-19(14-6-4-5-13(7-14)10-32-3)21(22(30)31)29(28-11)24-27-20-16-9-18(26)17(25)8-15(16)12(2)33-23(20)34-24/h4-9,12H,10H2,1-3H3,(H,30,31). The molecule has 1 N–H and O–H groups in total. The van der Waals surface area contributed by atoms with Crippen molar-refractivity contribution in [2.75, 3.05) is 7.11 Å². The fourth-order valence-corrected chi connectivity index (χ4v) is 7.02. The van der Waals surface area contributed by atoms with E-state index in [4.69, 9.17) is 32.9 Å². The van der Waals surface area contributed by atoms with Crippen LogP contribution in [0.1, 0.15) is 39.5 Å². The lowest BCUT2D eigenvalue weighted by molar-refractivity contribution is 0.0688. The molecule has 10 heteroatoms. The molecule has 34 heavy (non-hydrogen) atoms. The number of hydrogen-bond donors (Lipinski definition) is 1. The molecule has 1 aliphatic rings. The Morgan fingerprint density at radius 1 is 1.24 bits per heavy atom. The van der Waals surface area contributed by atoms with Crippen LogP contribution >= 0.6 is 46.3 Å². The van der Waals surface area contributed by atoms with Gasteiger partial charge in [-0.1, -0.05) is 52.7 Å². The van der Waals surface area contributed by atoms with Crippen molar-refractivity contribution in [2.24, 2.45) is 0 Å². The second kappa shape index (κ2) is 9.02. The van der Waals surface area contributed by atoms with E-state index < -0.39 is 5.97 Å². The highest BCUT2D eigenvalue weighted by Gasteiger charge is 2.30. The lowest BCUT2D eigenvalue weighted by Gasteiger charge is -2.21. The van der Waals surface area contributed by atoms with Crippen molar-refractivity contribution in [3.05, 3.63) is 69.0 Å². The molecule has 5 rings (SSSR count). The third-order valence-electron chi connectivity index (χ3n) is 5.62. The quantitative estimate of drug-likeness (QED) is 0.291. The number of ether oxygens (including phenoxy) is 1. The van der Waals surface area contributed by atoms with Crippen LogP contribution < -0.4 is 0 Å². The number of nitrogens with zero attached hydrogens (tertiary/aromatic N) is 3.